The molecule has 0 radical (unpaired) electrons. The monoisotopic (exact) mass is 756 g/mol. The Bertz CT molecular complexity index is 1390. The van der Waals surface area contributed by atoms with Crippen LogP contribution in [0.4, 0.5) is 5.69 Å². The van der Waals surface area contributed by atoms with Gasteiger partial charge in [-0.25, -0.2) is 0 Å². The van der Waals surface area contributed by atoms with Gasteiger partial charge >= 0.3 is 0 Å². The second-order valence-corrected chi connectivity index (χ2v) is 16.0. The lowest BCUT2D eigenvalue weighted by molar-refractivity contribution is -0.148. The van der Waals surface area contributed by atoms with Crippen LogP contribution in [0.2, 0.25) is 0 Å². The molecule has 1 fully saturated rings. The van der Waals surface area contributed by atoms with E-state index in [0.29, 0.717) is 25.1 Å². The topological polar surface area (TPSA) is 170 Å². The average molecular weight is 756 g/mol. The third-order valence-corrected chi connectivity index (χ3v) is 11.1. The van der Waals surface area contributed by atoms with Gasteiger partial charge in [0, 0.05) is 39.5 Å². The number of carbonyl (C=O) groups is 4. The van der Waals surface area contributed by atoms with E-state index in [1.165, 1.54) is 0 Å². The molecule has 1 aliphatic rings. The van der Waals surface area contributed by atoms with E-state index in [9.17, 15) is 24.4 Å². The van der Waals surface area contributed by atoms with Crippen molar-refractivity contribution in [2.24, 2.45) is 23.7 Å². The molecule has 13 heteroatoms. The number of rotatable bonds is 21. The van der Waals surface area contributed by atoms with Crippen molar-refractivity contribution in [3.63, 3.8) is 0 Å². The number of hydrogen-bond acceptors (Lipinski definition) is 9. The molecule has 0 bridgehead atoms. The average Bonchev–Trinajstić information content (AvgIpc) is 3.60. The maximum absolute atomic E-state index is 14.2. The number of nitrogens with two attached hydrogens (primary N) is 1. The molecule has 0 spiro atoms. The highest BCUT2D eigenvalue weighted by molar-refractivity contribution is 5.90. The summed E-state index contributed by atoms with van der Waals surface area (Å²) in [6.07, 6.45) is 1.59. The number of nitriles is 1. The highest BCUT2D eigenvalue weighted by Crippen LogP contribution is 2.30. The number of nitrogens with zero attached hydrogens (tertiary/aromatic N) is 4. The molecule has 0 aliphatic carbocycles. The normalized spacial score (nSPS) is 19.0. The predicted octanol–water partition coefficient (Wildman–Crippen LogP) is 3.86. The molecule has 0 saturated carbocycles. The van der Waals surface area contributed by atoms with Crippen LogP contribution in [0.25, 0.3) is 0 Å². The van der Waals surface area contributed by atoms with E-state index in [0.717, 1.165) is 18.4 Å². The van der Waals surface area contributed by atoms with Crippen LogP contribution in [-0.4, -0.2) is 123 Å². The van der Waals surface area contributed by atoms with Crippen LogP contribution in [0.1, 0.15) is 86.1 Å². The van der Waals surface area contributed by atoms with E-state index in [-0.39, 0.29) is 60.3 Å². The molecular formula is C41H69N7O6. The van der Waals surface area contributed by atoms with Crippen LogP contribution in [0.15, 0.2) is 24.3 Å². The van der Waals surface area contributed by atoms with E-state index in [1.54, 1.807) is 50.1 Å². The molecule has 0 aromatic heterocycles. The van der Waals surface area contributed by atoms with E-state index in [1.807, 2.05) is 72.7 Å². The van der Waals surface area contributed by atoms with Crippen LogP contribution < -0.4 is 16.4 Å². The van der Waals surface area contributed by atoms with Gasteiger partial charge in [0.2, 0.25) is 23.6 Å². The van der Waals surface area contributed by atoms with Crippen LogP contribution in [0.3, 0.4) is 0 Å². The fraction of sp³-hybridized carbons (Fsp3) is 0.732. The lowest BCUT2D eigenvalue weighted by atomic mass is 9.89. The quantitative estimate of drug-likeness (QED) is 0.158. The number of likely N-dealkylation sites (tertiary alicyclic amines) is 1. The summed E-state index contributed by atoms with van der Waals surface area (Å²) in [5.41, 5.74) is 7.42. The summed E-state index contributed by atoms with van der Waals surface area (Å²) in [5.74, 6) is -1.59. The third-order valence-electron chi connectivity index (χ3n) is 11.1. The Hall–Kier alpha value is -3.73. The van der Waals surface area contributed by atoms with Crippen LogP contribution in [0.5, 0.6) is 0 Å². The lowest BCUT2D eigenvalue weighted by Gasteiger charge is -2.41. The zero-order chi connectivity index (χ0) is 40.9. The highest BCUT2D eigenvalue weighted by atomic mass is 16.5. The molecule has 304 valence electrons. The first-order valence-corrected chi connectivity index (χ1v) is 19.5. The summed E-state index contributed by atoms with van der Waals surface area (Å²) in [7, 11) is 8.56. The number of carbonyl (C=O) groups excluding carboxylic acids is 4. The molecule has 0 unspecified atom stereocenters. The van der Waals surface area contributed by atoms with Crippen molar-refractivity contribution in [2.45, 2.75) is 129 Å². The largest absolute Gasteiger partial charge is 0.399 e. The van der Waals surface area contributed by atoms with Gasteiger partial charge in [-0.15, -0.1) is 0 Å². The Labute approximate surface area is 324 Å². The first-order valence-electron chi connectivity index (χ1n) is 19.5. The Kier molecular flexibility index (Phi) is 18.9. The van der Waals surface area contributed by atoms with Gasteiger partial charge in [-0.05, 0) is 68.8 Å². The Balaban J connectivity index is 2.27. The predicted molar refractivity (Wildman–Crippen MR) is 212 cm³/mol. The first kappa shape index (κ1) is 46.4. The number of anilines is 1. The van der Waals surface area contributed by atoms with Gasteiger partial charge in [0.05, 0.1) is 55.2 Å². The molecule has 1 heterocycles. The van der Waals surface area contributed by atoms with Crippen molar-refractivity contribution < 1.29 is 28.7 Å². The maximum atomic E-state index is 14.2. The number of hydrogen-bond donors (Lipinski definition) is 3. The zero-order valence-electron chi connectivity index (χ0n) is 34.9. The number of likely N-dealkylation sites (N-methyl/N-ethyl adjacent to an activating group) is 2. The van der Waals surface area contributed by atoms with Crippen molar-refractivity contribution in [1.82, 2.24) is 25.3 Å². The minimum Gasteiger partial charge on any atom is -0.399 e. The molecule has 13 nitrogen and oxygen atoms in total. The second kappa shape index (κ2) is 22.0. The number of amides is 4. The summed E-state index contributed by atoms with van der Waals surface area (Å²) in [5, 5.41) is 15.6. The zero-order valence-corrected chi connectivity index (χ0v) is 34.9. The van der Waals surface area contributed by atoms with Gasteiger partial charge < -0.3 is 35.6 Å². The van der Waals surface area contributed by atoms with Crippen LogP contribution in [0, 0.1) is 35.0 Å². The smallest absolute Gasteiger partial charge is 0.245 e. The minimum absolute atomic E-state index is 0.0233. The van der Waals surface area contributed by atoms with Crippen LogP contribution >= 0.6 is 0 Å². The summed E-state index contributed by atoms with van der Waals surface area (Å²) in [4.78, 5) is 60.8. The van der Waals surface area contributed by atoms with Crippen molar-refractivity contribution in [1.29, 1.82) is 5.26 Å². The molecule has 9 atom stereocenters. The van der Waals surface area contributed by atoms with E-state index in [2.05, 4.69) is 16.7 Å². The minimum atomic E-state index is -0.763. The van der Waals surface area contributed by atoms with Gasteiger partial charge in [0.1, 0.15) is 6.04 Å². The number of ether oxygens (including phenoxy) is 2. The van der Waals surface area contributed by atoms with Gasteiger partial charge in [0.25, 0.3) is 0 Å². The second-order valence-electron chi connectivity index (χ2n) is 16.0. The molecule has 4 amide bonds. The third kappa shape index (κ3) is 12.4. The Morgan fingerprint density at radius 1 is 0.963 bits per heavy atom. The van der Waals surface area contributed by atoms with E-state index < -0.39 is 42.3 Å². The van der Waals surface area contributed by atoms with Gasteiger partial charge in [-0.1, -0.05) is 67.0 Å². The van der Waals surface area contributed by atoms with Gasteiger partial charge in [-0.2, -0.15) is 5.26 Å². The summed E-state index contributed by atoms with van der Waals surface area (Å²) in [6, 6.07) is 7.17. The van der Waals surface area contributed by atoms with E-state index >= 15 is 0 Å². The SMILES string of the molecule is CC[C@H](C)[C@@H]([C@@H](CC(=O)N1CCC[C@H]1[C@H](OC)[C@@H](C)C(=O)N[C@H](CC#N)Cc1ccc(N)cc1)OC)N(C)C(=O)[C@@H](NC(=O)[C@H](C(C)C)N(C)C)C(C)C. The molecule has 2 rings (SSSR count). The Morgan fingerprint density at radius 3 is 2.09 bits per heavy atom. The summed E-state index contributed by atoms with van der Waals surface area (Å²) >= 11 is 0. The standard InChI is InChI=1S/C41H69N7O6/c1-13-27(6)37(47(10)41(52)35(25(2)3)45-40(51)36(26(4)5)46(8)9)33(53-11)24-34(49)48-22-14-15-32(48)38(54-12)28(7)39(50)44-31(20-21-42)23-29-16-18-30(43)19-17-29/h16-19,25-28,31-33,35-38H,13-15,20,22-24,43H2,1-12H3,(H,44,50)(H,45,51)/t27-,28+,31+,32-,33+,35-,36-,37-,38+/m0/s1. The fourth-order valence-corrected chi connectivity index (χ4v) is 7.97. The van der Waals surface area contributed by atoms with Crippen LogP contribution in [-0.2, 0) is 35.1 Å². The molecule has 54 heavy (non-hydrogen) atoms. The van der Waals surface area contributed by atoms with Gasteiger partial charge in [0.15, 0.2) is 0 Å². The summed E-state index contributed by atoms with van der Waals surface area (Å²) < 4.78 is 12.0. The fourth-order valence-electron chi connectivity index (χ4n) is 7.97. The Morgan fingerprint density at radius 2 is 1.59 bits per heavy atom. The highest BCUT2D eigenvalue weighted by Gasteiger charge is 2.43. The van der Waals surface area contributed by atoms with E-state index in [4.69, 9.17) is 15.2 Å². The summed E-state index contributed by atoms with van der Waals surface area (Å²) in [6.45, 7) is 14.2. The van der Waals surface area contributed by atoms with Crippen molar-refractivity contribution in [2.75, 3.05) is 47.6 Å². The number of nitrogens with one attached hydrogen (secondary N) is 2. The van der Waals surface area contributed by atoms with Crippen molar-refractivity contribution in [3.05, 3.63) is 29.8 Å². The first-order chi connectivity index (χ1) is 25.4. The molecular weight excluding hydrogens is 686 g/mol. The molecule has 1 aromatic carbocycles. The van der Waals surface area contributed by atoms with Crippen molar-refractivity contribution >= 4 is 29.3 Å². The molecule has 1 aromatic rings. The van der Waals surface area contributed by atoms with Crippen molar-refractivity contribution in [3.8, 4) is 6.07 Å². The molecule has 1 aliphatic heterocycles. The number of nitrogen functional groups attached to an aromatic ring is 1. The number of benzene rings is 1. The number of methoxy groups -OCH3 is 2. The molecule has 4 N–H and O–H groups in total. The lowest BCUT2D eigenvalue weighted by Crippen LogP contribution is -2.59. The maximum Gasteiger partial charge on any atom is 0.245 e. The van der Waals surface area contributed by atoms with Gasteiger partial charge in [-0.3, -0.25) is 24.1 Å². The molecule has 1 saturated heterocycles.